The number of pyridine rings is 1. The highest BCUT2D eigenvalue weighted by molar-refractivity contribution is 7.93. The quantitative estimate of drug-likeness (QED) is 0.117. The van der Waals surface area contributed by atoms with Crippen molar-refractivity contribution in [2.24, 2.45) is 0 Å². The molecule has 16 heteroatoms. The molecule has 1 atom stereocenters. The Bertz CT molecular complexity index is 2240. The fraction of sp³-hybridized carbons (Fsp3) is 0.265. The largest absolute Gasteiger partial charge is 0.609 e. The maximum Gasteiger partial charge on any atom is 0.344 e. The number of nitrogens with zero attached hydrogens (tertiary/aromatic N) is 3. The maximum atomic E-state index is 14.1. The van der Waals surface area contributed by atoms with Crippen molar-refractivity contribution in [1.82, 2.24) is 13.9 Å². The number of ether oxygens (including phenoxy) is 4. The summed E-state index contributed by atoms with van der Waals surface area (Å²) in [4.78, 5) is 21.1. The predicted molar refractivity (Wildman–Crippen MR) is 185 cm³/mol. The van der Waals surface area contributed by atoms with Gasteiger partial charge in [0.15, 0.2) is 22.2 Å². The molecular weight excluding hydrogens is 707 g/mol. The van der Waals surface area contributed by atoms with Gasteiger partial charge in [0, 0.05) is 34.6 Å². The fourth-order valence-corrected chi connectivity index (χ4v) is 9.17. The number of aromatic nitrogens is 3. The van der Waals surface area contributed by atoms with Crippen LogP contribution in [-0.2, 0) is 46.3 Å². The zero-order chi connectivity index (χ0) is 36.2. The summed E-state index contributed by atoms with van der Waals surface area (Å²) < 4.78 is 89.3. The third-order valence-corrected chi connectivity index (χ3v) is 12.5. The first-order chi connectivity index (χ1) is 23.7. The Morgan fingerprint density at radius 3 is 2.20 bits per heavy atom. The van der Waals surface area contributed by atoms with Crippen LogP contribution in [0.1, 0.15) is 22.4 Å². The van der Waals surface area contributed by atoms with Gasteiger partial charge in [-0.1, -0.05) is 17.7 Å². The van der Waals surface area contributed by atoms with Gasteiger partial charge < -0.3 is 23.5 Å². The third-order valence-electron chi connectivity index (χ3n) is 7.73. The Balaban J connectivity index is 1.32. The van der Waals surface area contributed by atoms with E-state index >= 15 is 0 Å². The van der Waals surface area contributed by atoms with Crippen molar-refractivity contribution in [2.75, 3.05) is 33.2 Å². The Kier molecular flexibility index (Phi) is 11.1. The topological polar surface area (TPSA) is 176 Å². The van der Waals surface area contributed by atoms with E-state index in [0.29, 0.717) is 22.8 Å². The number of hydrogen-bond acceptors (Lipinski definition) is 12. The summed E-state index contributed by atoms with van der Waals surface area (Å²) >= 11 is -1.97. The highest BCUT2D eigenvalue weighted by atomic mass is 32.2. The van der Waals surface area contributed by atoms with E-state index in [1.807, 2.05) is 13.8 Å². The number of sulfone groups is 1. The summed E-state index contributed by atoms with van der Waals surface area (Å²) in [6.45, 7) is 4.56. The van der Waals surface area contributed by atoms with Crippen LogP contribution in [0.2, 0.25) is 0 Å². The van der Waals surface area contributed by atoms with E-state index in [-0.39, 0.29) is 44.1 Å². The van der Waals surface area contributed by atoms with Crippen LogP contribution in [0.5, 0.6) is 17.2 Å². The molecule has 2 heterocycles. The number of fused-ring (bicyclic) bond motifs is 1. The molecule has 0 bridgehead atoms. The molecule has 0 amide bonds. The van der Waals surface area contributed by atoms with Crippen LogP contribution in [0.25, 0.3) is 11.0 Å². The normalized spacial score (nSPS) is 12.4. The van der Waals surface area contributed by atoms with E-state index in [1.54, 1.807) is 37.4 Å². The van der Waals surface area contributed by atoms with Crippen LogP contribution in [0.3, 0.4) is 0 Å². The summed E-state index contributed by atoms with van der Waals surface area (Å²) in [6.07, 6.45) is 1.60. The minimum Gasteiger partial charge on any atom is -0.609 e. The first kappa shape index (κ1) is 36.6. The number of imidazole rings is 1. The standard InChI is InChI=1S/C34H35N3O10S3/c1-22-6-11-27(12-7-22)49(40,41)17-16-46-32(38)20-47-25-8-13-28(14-9-25)50(42,43)37-31-18-26(44-4)10-15-29(31)36-34(37)48(39)21-30-24(3)33(45-5)23(2)19-35-30/h6-15,18-19H,16-17,20-21H2,1-5H3. The minimum absolute atomic E-state index is 0.126. The molecule has 5 rings (SSSR count). The van der Waals surface area contributed by atoms with E-state index in [9.17, 15) is 26.2 Å². The maximum absolute atomic E-state index is 14.1. The molecular formula is C34H35N3O10S3. The van der Waals surface area contributed by atoms with Crippen LogP contribution in [-0.4, -0.2) is 74.5 Å². The van der Waals surface area contributed by atoms with Crippen LogP contribution in [0.15, 0.2) is 87.9 Å². The molecule has 2 aromatic heterocycles. The van der Waals surface area contributed by atoms with Gasteiger partial charge in [0.2, 0.25) is 0 Å². The Labute approximate surface area is 293 Å². The molecule has 0 fully saturated rings. The van der Waals surface area contributed by atoms with E-state index in [0.717, 1.165) is 15.1 Å². The Morgan fingerprint density at radius 1 is 0.880 bits per heavy atom. The molecule has 264 valence electrons. The smallest absolute Gasteiger partial charge is 0.344 e. The lowest BCUT2D eigenvalue weighted by Gasteiger charge is -2.15. The van der Waals surface area contributed by atoms with Gasteiger partial charge in [-0.15, -0.1) is 0 Å². The highest BCUT2D eigenvalue weighted by Gasteiger charge is 2.32. The second-order valence-corrected chi connectivity index (χ2v) is 16.4. The molecule has 1 unspecified atom stereocenters. The molecule has 0 N–H and O–H groups in total. The SMILES string of the molecule is COc1ccc2nc([S+]([O-])Cc3ncc(C)c(OC)c3C)n(S(=O)(=O)c3ccc(OCC(=O)OCCS(=O)(=O)c4ccc(C)cc4)cc3)c2c1. The van der Waals surface area contributed by atoms with Crippen LogP contribution >= 0.6 is 0 Å². The van der Waals surface area contributed by atoms with E-state index in [4.69, 9.17) is 18.9 Å². The Morgan fingerprint density at radius 2 is 1.54 bits per heavy atom. The third kappa shape index (κ3) is 7.88. The van der Waals surface area contributed by atoms with Gasteiger partial charge in [-0.05, 0) is 69.3 Å². The van der Waals surface area contributed by atoms with Crippen LogP contribution in [0, 0.1) is 20.8 Å². The minimum atomic E-state index is -4.39. The van der Waals surface area contributed by atoms with Crippen molar-refractivity contribution in [2.45, 2.75) is 41.5 Å². The molecule has 0 aliphatic heterocycles. The number of methoxy groups -OCH3 is 2. The van der Waals surface area contributed by atoms with Gasteiger partial charge >= 0.3 is 11.1 Å². The molecule has 50 heavy (non-hydrogen) atoms. The average Bonchev–Trinajstić information content (AvgIpc) is 3.49. The summed E-state index contributed by atoms with van der Waals surface area (Å²) in [7, 11) is -5.06. The number of hydrogen-bond donors (Lipinski definition) is 0. The second-order valence-electron chi connectivity index (χ2n) is 11.2. The first-order valence-electron chi connectivity index (χ1n) is 15.1. The van der Waals surface area contributed by atoms with Gasteiger partial charge in [-0.2, -0.15) is 8.96 Å². The number of rotatable bonds is 14. The van der Waals surface area contributed by atoms with Crippen molar-refractivity contribution >= 4 is 48.0 Å². The lowest BCUT2D eigenvalue weighted by Crippen LogP contribution is -2.21. The van der Waals surface area contributed by atoms with E-state index in [1.165, 1.54) is 56.7 Å². The number of esters is 1. The number of carbonyl (C=O) groups is 1. The first-order valence-corrected chi connectivity index (χ1v) is 19.5. The molecule has 0 saturated carbocycles. The molecule has 5 aromatic rings. The molecule has 0 saturated heterocycles. The zero-order valence-electron chi connectivity index (χ0n) is 27.9. The van der Waals surface area contributed by atoms with Crippen molar-refractivity contribution in [3.63, 3.8) is 0 Å². The molecule has 0 spiro atoms. The number of benzene rings is 3. The van der Waals surface area contributed by atoms with Crippen molar-refractivity contribution < 1.29 is 45.1 Å². The summed E-state index contributed by atoms with van der Waals surface area (Å²) in [5.74, 6) is -0.202. The van der Waals surface area contributed by atoms with Gasteiger partial charge in [0.1, 0.15) is 23.9 Å². The predicted octanol–water partition coefficient (Wildman–Crippen LogP) is 4.31. The average molecular weight is 742 g/mol. The number of carbonyl (C=O) groups excluding carboxylic acids is 1. The summed E-state index contributed by atoms with van der Waals surface area (Å²) in [5, 5.41) is -0.207. The number of aryl methyl sites for hydroxylation is 2. The van der Waals surface area contributed by atoms with Gasteiger partial charge in [0.05, 0.1) is 46.5 Å². The highest BCUT2D eigenvalue weighted by Crippen LogP contribution is 2.32. The Hall–Kier alpha value is -4.64. The second kappa shape index (κ2) is 15.1. The van der Waals surface area contributed by atoms with Crippen molar-refractivity contribution in [3.8, 4) is 17.2 Å². The lowest BCUT2D eigenvalue weighted by molar-refractivity contribution is -0.145. The molecule has 0 aliphatic rings. The van der Waals surface area contributed by atoms with Gasteiger partial charge in [0.25, 0.3) is 10.0 Å². The van der Waals surface area contributed by atoms with E-state index < -0.39 is 49.4 Å². The summed E-state index contributed by atoms with van der Waals surface area (Å²) in [6, 6.07) is 16.3. The molecule has 3 aromatic carbocycles. The lowest BCUT2D eigenvalue weighted by atomic mass is 10.1. The van der Waals surface area contributed by atoms with Crippen LogP contribution < -0.4 is 14.2 Å². The molecule has 13 nitrogen and oxygen atoms in total. The van der Waals surface area contributed by atoms with Crippen molar-refractivity contribution in [3.05, 3.63) is 95.3 Å². The van der Waals surface area contributed by atoms with Gasteiger partial charge in [-0.25, -0.2) is 21.6 Å². The fourth-order valence-electron chi connectivity index (χ4n) is 5.05. The van der Waals surface area contributed by atoms with Crippen LogP contribution in [0.4, 0.5) is 0 Å². The van der Waals surface area contributed by atoms with Crippen molar-refractivity contribution in [1.29, 1.82) is 0 Å². The monoisotopic (exact) mass is 741 g/mol. The van der Waals surface area contributed by atoms with Gasteiger partial charge in [-0.3, -0.25) is 4.98 Å². The van der Waals surface area contributed by atoms with E-state index in [2.05, 4.69) is 9.97 Å². The molecule has 0 radical (unpaired) electrons. The molecule has 0 aliphatic carbocycles. The summed E-state index contributed by atoms with van der Waals surface area (Å²) in [5.41, 5.74) is 3.31. The zero-order valence-corrected chi connectivity index (χ0v) is 30.4.